The van der Waals surface area contributed by atoms with Crippen molar-refractivity contribution in [1.82, 2.24) is 0 Å². The fraction of sp³-hybridized carbons (Fsp3) is 0.615. The van der Waals surface area contributed by atoms with E-state index < -0.39 is 19.4 Å². The summed E-state index contributed by atoms with van der Waals surface area (Å²) in [4.78, 5) is 12.0. The highest BCUT2D eigenvalue weighted by atomic mass is 32.1. The summed E-state index contributed by atoms with van der Waals surface area (Å²) < 4.78 is 29.3. The Bertz CT molecular complexity index is 455. The van der Waals surface area contributed by atoms with Gasteiger partial charge in [0.25, 0.3) is 0 Å². The smallest absolute Gasteiger partial charge is 0.376 e. The maximum absolute atomic E-state index is 13.1. The van der Waals surface area contributed by atoms with Crippen molar-refractivity contribution in [2.45, 2.75) is 52.7 Å². The Hall–Kier alpha value is -0.680. The Labute approximate surface area is 123 Å². The van der Waals surface area contributed by atoms with Crippen molar-refractivity contribution in [1.29, 1.82) is 0 Å². The summed E-state index contributed by atoms with van der Waals surface area (Å²) in [5.41, 5.74) is 0. The Kier molecular flexibility index (Phi) is 6.40. The highest BCUT2D eigenvalue weighted by molar-refractivity contribution is 7.54. The van der Waals surface area contributed by atoms with E-state index in [1.54, 1.807) is 39.8 Å². The lowest BCUT2D eigenvalue weighted by Gasteiger charge is -2.28. The summed E-state index contributed by atoms with van der Waals surface area (Å²) in [5, 5.41) is 1.82. The van der Waals surface area contributed by atoms with E-state index in [1.165, 1.54) is 18.3 Å². The first-order valence-electron chi connectivity index (χ1n) is 6.41. The Balaban J connectivity index is 3.15. The second-order valence-corrected chi connectivity index (χ2v) is 7.77. The van der Waals surface area contributed by atoms with E-state index in [0.717, 1.165) is 0 Å². The van der Waals surface area contributed by atoms with E-state index in [4.69, 9.17) is 13.8 Å². The van der Waals surface area contributed by atoms with Gasteiger partial charge >= 0.3 is 13.6 Å². The molecule has 0 radical (unpaired) electrons. The molecule has 0 fully saturated rings. The Morgan fingerprint density at radius 3 is 2.10 bits per heavy atom. The molecule has 0 aliphatic carbocycles. The van der Waals surface area contributed by atoms with E-state index in [0.29, 0.717) is 4.88 Å². The molecule has 0 bridgehead atoms. The second kappa shape index (κ2) is 7.36. The van der Waals surface area contributed by atoms with E-state index >= 15 is 0 Å². The Morgan fingerprint density at radius 1 is 1.20 bits per heavy atom. The molecule has 0 amide bonds. The molecule has 1 heterocycles. The number of esters is 1. The van der Waals surface area contributed by atoms with Gasteiger partial charge in [0.2, 0.25) is 5.85 Å². The zero-order chi connectivity index (χ0) is 15.3. The highest BCUT2D eigenvalue weighted by Crippen LogP contribution is 2.63. The van der Waals surface area contributed by atoms with Crippen molar-refractivity contribution >= 4 is 24.9 Å². The fourth-order valence-corrected chi connectivity index (χ4v) is 4.92. The molecule has 0 saturated heterocycles. The summed E-state index contributed by atoms with van der Waals surface area (Å²) >= 11 is 1.34. The standard InChI is InChI=1S/C13H21O5PS/c1-9(2)17-19(15,18-10(3)4)13(16-11(5)14)12-7-6-8-20-12/h6-10,13H,1-5H3/t13-/m1/s1. The number of ether oxygens (including phenoxy) is 1. The average molecular weight is 320 g/mol. The van der Waals surface area contributed by atoms with Gasteiger partial charge in [0.05, 0.1) is 17.1 Å². The predicted octanol–water partition coefficient (Wildman–Crippen LogP) is 4.35. The lowest BCUT2D eigenvalue weighted by Crippen LogP contribution is -2.16. The van der Waals surface area contributed by atoms with Crippen molar-refractivity contribution in [3.63, 3.8) is 0 Å². The van der Waals surface area contributed by atoms with Crippen molar-refractivity contribution in [2.24, 2.45) is 0 Å². The average Bonchev–Trinajstić information content (AvgIpc) is 2.75. The van der Waals surface area contributed by atoms with Crippen molar-refractivity contribution in [3.05, 3.63) is 22.4 Å². The molecule has 0 N–H and O–H groups in total. The topological polar surface area (TPSA) is 61.8 Å². The summed E-state index contributed by atoms with van der Waals surface area (Å²) in [6.45, 7) is 8.31. The minimum absolute atomic E-state index is 0.308. The third-order valence-corrected chi connectivity index (χ3v) is 5.55. The molecule has 1 atom stereocenters. The largest absolute Gasteiger partial charge is 0.444 e. The van der Waals surface area contributed by atoms with Crippen LogP contribution in [0.1, 0.15) is 45.3 Å². The van der Waals surface area contributed by atoms with Crippen molar-refractivity contribution in [3.8, 4) is 0 Å². The van der Waals surface area contributed by atoms with E-state index in [1.807, 2.05) is 5.38 Å². The quantitative estimate of drug-likeness (QED) is 0.552. The molecule has 0 unspecified atom stereocenters. The molecule has 0 saturated carbocycles. The maximum atomic E-state index is 13.1. The van der Waals surface area contributed by atoms with Crippen LogP contribution in [0.3, 0.4) is 0 Å². The van der Waals surface area contributed by atoms with E-state index in [9.17, 15) is 9.36 Å². The second-order valence-electron chi connectivity index (χ2n) is 4.83. The summed E-state index contributed by atoms with van der Waals surface area (Å²) in [7, 11) is -3.62. The molecule has 0 aliphatic rings. The number of hydrogen-bond acceptors (Lipinski definition) is 6. The Morgan fingerprint density at radius 2 is 1.75 bits per heavy atom. The van der Waals surface area contributed by atoms with Gasteiger partial charge in [0.1, 0.15) is 0 Å². The lowest BCUT2D eigenvalue weighted by atomic mass is 10.5. The predicted molar refractivity (Wildman–Crippen MR) is 78.9 cm³/mol. The van der Waals surface area contributed by atoms with Crippen LogP contribution in [0.2, 0.25) is 0 Å². The molecule has 1 aromatic rings. The number of rotatable bonds is 7. The number of carbonyl (C=O) groups is 1. The first-order chi connectivity index (χ1) is 9.24. The normalized spacial score (nSPS) is 13.8. The molecule has 1 rings (SSSR count). The minimum Gasteiger partial charge on any atom is -0.444 e. The van der Waals surface area contributed by atoms with E-state index in [2.05, 4.69) is 0 Å². The van der Waals surface area contributed by atoms with Gasteiger partial charge in [-0.2, -0.15) is 0 Å². The summed E-state index contributed by atoms with van der Waals surface area (Å²) in [6.07, 6.45) is -0.616. The van der Waals surface area contributed by atoms with Crippen LogP contribution in [0.5, 0.6) is 0 Å². The molecule has 5 nitrogen and oxygen atoms in total. The molecular formula is C13H21O5PS. The minimum atomic E-state index is -3.62. The van der Waals surface area contributed by atoms with Crippen LogP contribution in [-0.4, -0.2) is 18.2 Å². The van der Waals surface area contributed by atoms with Gasteiger partial charge in [0.15, 0.2) is 0 Å². The molecule has 1 aromatic heterocycles. The van der Waals surface area contributed by atoms with Gasteiger partial charge in [-0.1, -0.05) is 6.07 Å². The van der Waals surface area contributed by atoms with Crippen LogP contribution < -0.4 is 0 Å². The van der Waals surface area contributed by atoms with Crippen LogP contribution >= 0.6 is 18.9 Å². The zero-order valence-corrected chi connectivity index (χ0v) is 14.1. The SMILES string of the molecule is CC(=O)O[C@@H](c1cccs1)P(=O)(OC(C)C)OC(C)C. The number of thiophene rings is 1. The molecule has 20 heavy (non-hydrogen) atoms. The highest BCUT2D eigenvalue weighted by Gasteiger charge is 2.42. The van der Waals surface area contributed by atoms with Gasteiger partial charge in [-0.25, -0.2) is 0 Å². The zero-order valence-electron chi connectivity index (χ0n) is 12.4. The van der Waals surface area contributed by atoms with E-state index in [-0.39, 0.29) is 12.2 Å². The van der Waals surface area contributed by atoms with Crippen LogP contribution in [0.4, 0.5) is 0 Å². The molecule has 0 aromatic carbocycles. The van der Waals surface area contributed by atoms with Crippen LogP contribution in [-0.2, 0) is 23.1 Å². The first kappa shape index (κ1) is 17.4. The molecule has 0 aliphatic heterocycles. The summed E-state index contributed by atoms with van der Waals surface area (Å²) in [5.74, 6) is -1.55. The van der Waals surface area contributed by atoms with Crippen molar-refractivity contribution < 1.29 is 23.1 Å². The van der Waals surface area contributed by atoms with Crippen LogP contribution in [0.15, 0.2) is 17.5 Å². The maximum Gasteiger partial charge on any atom is 0.376 e. The fourth-order valence-electron chi connectivity index (χ4n) is 1.59. The molecular weight excluding hydrogens is 299 g/mol. The number of hydrogen-bond donors (Lipinski definition) is 0. The molecule has 7 heteroatoms. The van der Waals surface area contributed by atoms with Gasteiger partial charge in [-0.15, -0.1) is 11.3 Å². The van der Waals surface area contributed by atoms with Crippen LogP contribution in [0.25, 0.3) is 0 Å². The van der Waals surface area contributed by atoms with Gasteiger partial charge in [0, 0.05) is 6.92 Å². The van der Waals surface area contributed by atoms with Crippen LogP contribution in [0, 0.1) is 0 Å². The monoisotopic (exact) mass is 320 g/mol. The molecule has 114 valence electrons. The van der Waals surface area contributed by atoms with Gasteiger partial charge in [-0.3, -0.25) is 9.36 Å². The lowest BCUT2D eigenvalue weighted by molar-refractivity contribution is -0.144. The number of carbonyl (C=O) groups excluding carboxylic acids is 1. The first-order valence-corrected chi connectivity index (χ1v) is 8.91. The van der Waals surface area contributed by atoms with Gasteiger partial charge < -0.3 is 13.8 Å². The third-order valence-electron chi connectivity index (χ3n) is 2.07. The van der Waals surface area contributed by atoms with Gasteiger partial charge in [-0.05, 0) is 39.1 Å². The third kappa shape index (κ3) is 5.02. The van der Waals surface area contributed by atoms with Crippen molar-refractivity contribution in [2.75, 3.05) is 0 Å². The summed E-state index contributed by atoms with van der Waals surface area (Å²) in [6, 6.07) is 3.55. The molecule has 0 spiro atoms.